The molecule has 0 aliphatic rings. The number of amides is 1. The van der Waals surface area contributed by atoms with Crippen molar-refractivity contribution >= 4 is 22.9 Å². The molecule has 0 radical (unpaired) electrons. The number of carbonyl (C=O) groups excluding carboxylic acids is 1. The van der Waals surface area contributed by atoms with Crippen molar-refractivity contribution in [1.29, 1.82) is 0 Å². The Hall–Kier alpha value is -2.67. The lowest BCUT2D eigenvalue weighted by atomic mass is 10.1. The maximum atomic E-state index is 11.3. The first-order valence-electron chi connectivity index (χ1n) is 6.23. The highest BCUT2D eigenvalue weighted by molar-refractivity contribution is 7.13. The van der Waals surface area contributed by atoms with E-state index in [1.165, 1.54) is 0 Å². The molecule has 1 amide bonds. The summed E-state index contributed by atoms with van der Waals surface area (Å²) in [5, 5.41) is 8.95. The number of anilines is 1. The lowest BCUT2D eigenvalue weighted by molar-refractivity contribution is 0.100. The molecule has 106 valence electrons. The number of primary amides is 1. The number of hydrogen-bond donors (Lipinski definition) is 2. The van der Waals surface area contributed by atoms with Gasteiger partial charge >= 0.3 is 0 Å². The lowest BCUT2D eigenvalue weighted by Crippen LogP contribution is -2.14. The third-order valence-corrected chi connectivity index (χ3v) is 3.70. The first-order chi connectivity index (χ1) is 10.2. The molecule has 1 aromatic carbocycles. The molecule has 2 heterocycles. The van der Waals surface area contributed by atoms with Gasteiger partial charge in [0.25, 0.3) is 5.91 Å². The molecule has 3 aromatic rings. The summed E-state index contributed by atoms with van der Waals surface area (Å²) in [5.74, 6) is 0.519. The number of nitrogens with zero attached hydrogens (tertiary/aromatic N) is 2. The fraction of sp³-hybridized carbons (Fsp3) is 0.0714. The Kier molecular flexibility index (Phi) is 3.65. The minimum atomic E-state index is -0.483. The number of thiophene rings is 1. The van der Waals surface area contributed by atoms with Gasteiger partial charge in [-0.15, -0.1) is 11.3 Å². The molecule has 0 atom stereocenters. The van der Waals surface area contributed by atoms with E-state index in [9.17, 15) is 4.79 Å². The Labute approximate surface area is 124 Å². The molecule has 7 heteroatoms. The third kappa shape index (κ3) is 2.92. The molecule has 3 rings (SSSR count). The van der Waals surface area contributed by atoms with Crippen LogP contribution in [0.5, 0.6) is 0 Å². The van der Waals surface area contributed by atoms with Crippen LogP contribution in [0.2, 0.25) is 0 Å². The van der Waals surface area contributed by atoms with Crippen LogP contribution in [0.1, 0.15) is 16.2 Å². The van der Waals surface area contributed by atoms with E-state index in [1.807, 2.05) is 23.6 Å². The molecule has 3 N–H and O–H groups in total. The van der Waals surface area contributed by atoms with Gasteiger partial charge in [-0.25, -0.2) is 0 Å². The van der Waals surface area contributed by atoms with E-state index in [-0.39, 0.29) is 0 Å². The quantitative estimate of drug-likeness (QED) is 0.755. The molecule has 0 saturated heterocycles. The number of rotatable bonds is 5. The number of benzene rings is 1. The highest BCUT2D eigenvalue weighted by Crippen LogP contribution is 2.21. The first-order valence-corrected chi connectivity index (χ1v) is 7.11. The molecule has 0 unspecified atom stereocenters. The van der Waals surface area contributed by atoms with Crippen LogP contribution in [0.25, 0.3) is 10.7 Å². The molecule has 0 aliphatic heterocycles. The van der Waals surface area contributed by atoms with Gasteiger partial charge in [0, 0.05) is 5.69 Å². The average molecular weight is 300 g/mol. The maximum absolute atomic E-state index is 11.3. The fourth-order valence-corrected chi connectivity index (χ4v) is 2.50. The van der Waals surface area contributed by atoms with E-state index in [4.69, 9.17) is 10.3 Å². The zero-order chi connectivity index (χ0) is 14.7. The van der Waals surface area contributed by atoms with E-state index >= 15 is 0 Å². The summed E-state index contributed by atoms with van der Waals surface area (Å²) >= 11 is 1.54. The Balaban J connectivity index is 1.73. The van der Waals surface area contributed by atoms with Crippen LogP contribution in [0.3, 0.4) is 0 Å². The fourth-order valence-electron chi connectivity index (χ4n) is 1.86. The van der Waals surface area contributed by atoms with Gasteiger partial charge in [-0.2, -0.15) is 4.98 Å². The molecular formula is C14H12N4O2S. The van der Waals surface area contributed by atoms with Gasteiger partial charge in [-0.1, -0.05) is 23.4 Å². The summed E-state index contributed by atoms with van der Waals surface area (Å²) in [5.41, 5.74) is 6.39. The number of carbonyl (C=O) groups is 1. The molecule has 0 saturated carbocycles. The summed E-state index contributed by atoms with van der Waals surface area (Å²) in [4.78, 5) is 16.6. The van der Waals surface area contributed by atoms with E-state index < -0.39 is 5.91 Å². The Morgan fingerprint density at radius 3 is 2.90 bits per heavy atom. The van der Waals surface area contributed by atoms with Crippen molar-refractivity contribution in [2.45, 2.75) is 6.54 Å². The first kappa shape index (κ1) is 13.3. The molecule has 6 nitrogen and oxygen atoms in total. The summed E-state index contributed by atoms with van der Waals surface area (Å²) in [6.45, 7) is 0.322. The summed E-state index contributed by atoms with van der Waals surface area (Å²) in [6.07, 6.45) is 0. The smallest absolute Gasteiger partial charge is 0.250 e. The average Bonchev–Trinajstić information content (AvgIpc) is 3.16. The third-order valence-electron chi connectivity index (χ3n) is 2.83. The van der Waals surface area contributed by atoms with Crippen LogP contribution in [0, 0.1) is 0 Å². The minimum absolute atomic E-state index is 0.322. The zero-order valence-electron chi connectivity index (χ0n) is 10.9. The van der Waals surface area contributed by atoms with Crippen LogP contribution in [0.15, 0.2) is 46.3 Å². The van der Waals surface area contributed by atoms with Crippen molar-refractivity contribution in [1.82, 2.24) is 10.1 Å². The number of para-hydroxylation sites is 1. The second kappa shape index (κ2) is 5.76. The monoisotopic (exact) mass is 300 g/mol. The lowest BCUT2D eigenvalue weighted by Gasteiger charge is -2.07. The van der Waals surface area contributed by atoms with E-state index in [2.05, 4.69) is 15.5 Å². The van der Waals surface area contributed by atoms with Crippen LogP contribution in [-0.4, -0.2) is 16.0 Å². The van der Waals surface area contributed by atoms with Crippen molar-refractivity contribution in [3.8, 4) is 10.7 Å². The van der Waals surface area contributed by atoms with Gasteiger partial charge in [0.2, 0.25) is 11.7 Å². The normalized spacial score (nSPS) is 10.5. The highest BCUT2D eigenvalue weighted by Gasteiger charge is 2.11. The molecule has 0 fully saturated rings. The predicted octanol–water partition coefficient (Wildman–Crippen LogP) is 2.51. The number of nitrogens with two attached hydrogens (primary N) is 1. The van der Waals surface area contributed by atoms with Crippen LogP contribution >= 0.6 is 11.3 Å². The number of hydrogen-bond acceptors (Lipinski definition) is 6. The number of aromatic nitrogens is 2. The summed E-state index contributed by atoms with van der Waals surface area (Å²) < 4.78 is 5.18. The van der Waals surface area contributed by atoms with Crippen molar-refractivity contribution in [3.05, 3.63) is 53.2 Å². The van der Waals surface area contributed by atoms with Gasteiger partial charge in [0.05, 0.1) is 17.0 Å². The summed E-state index contributed by atoms with van der Waals surface area (Å²) in [6, 6.07) is 10.9. The van der Waals surface area contributed by atoms with Crippen molar-refractivity contribution in [2.75, 3.05) is 5.32 Å². The Morgan fingerprint density at radius 1 is 1.29 bits per heavy atom. The molecule has 2 aromatic heterocycles. The Bertz CT molecular complexity index is 752. The van der Waals surface area contributed by atoms with Crippen LogP contribution in [0.4, 0.5) is 5.69 Å². The van der Waals surface area contributed by atoms with Crippen molar-refractivity contribution in [3.63, 3.8) is 0 Å². The van der Waals surface area contributed by atoms with Crippen LogP contribution < -0.4 is 11.1 Å². The van der Waals surface area contributed by atoms with E-state index in [0.29, 0.717) is 29.5 Å². The largest absolute Gasteiger partial charge is 0.375 e. The summed E-state index contributed by atoms with van der Waals surface area (Å²) in [7, 11) is 0. The minimum Gasteiger partial charge on any atom is -0.375 e. The SMILES string of the molecule is NC(=O)c1ccccc1NCc1nc(-c2cccs2)no1. The van der Waals surface area contributed by atoms with Gasteiger partial charge in [-0.3, -0.25) is 4.79 Å². The topological polar surface area (TPSA) is 94.0 Å². The second-order valence-corrected chi connectivity index (χ2v) is 5.20. The van der Waals surface area contributed by atoms with Gasteiger partial charge in [-0.05, 0) is 23.6 Å². The zero-order valence-corrected chi connectivity index (χ0v) is 11.8. The standard InChI is InChI=1S/C14H12N4O2S/c15-13(19)9-4-1-2-5-10(9)16-8-12-17-14(18-20-12)11-6-3-7-21-11/h1-7,16H,8H2,(H2,15,19). The Morgan fingerprint density at radius 2 is 2.14 bits per heavy atom. The molecule has 0 spiro atoms. The predicted molar refractivity (Wildman–Crippen MR) is 79.9 cm³/mol. The van der Waals surface area contributed by atoms with Gasteiger partial charge < -0.3 is 15.6 Å². The molecule has 0 bridgehead atoms. The maximum Gasteiger partial charge on any atom is 0.250 e. The van der Waals surface area contributed by atoms with E-state index in [0.717, 1.165) is 4.88 Å². The van der Waals surface area contributed by atoms with Crippen molar-refractivity contribution in [2.24, 2.45) is 5.73 Å². The van der Waals surface area contributed by atoms with Crippen LogP contribution in [-0.2, 0) is 6.54 Å². The molecule has 0 aliphatic carbocycles. The molecular weight excluding hydrogens is 288 g/mol. The van der Waals surface area contributed by atoms with E-state index in [1.54, 1.807) is 29.5 Å². The van der Waals surface area contributed by atoms with Gasteiger partial charge in [0.1, 0.15) is 0 Å². The number of nitrogens with one attached hydrogen (secondary N) is 1. The van der Waals surface area contributed by atoms with Gasteiger partial charge in [0.15, 0.2) is 0 Å². The van der Waals surface area contributed by atoms with Crippen molar-refractivity contribution < 1.29 is 9.32 Å². The highest BCUT2D eigenvalue weighted by atomic mass is 32.1. The molecule has 21 heavy (non-hydrogen) atoms. The second-order valence-electron chi connectivity index (χ2n) is 4.25.